The van der Waals surface area contributed by atoms with E-state index in [0.29, 0.717) is 19.0 Å². The third-order valence-corrected chi connectivity index (χ3v) is 3.86. The van der Waals surface area contributed by atoms with E-state index in [0.717, 1.165) is 31.7 Å². The van der Waals surface area contributed by atoms with E-state index in [-0.39, 0.29) is 6.09 Å². The Morgan fingerprint density at radius 3 is 2.52 bits per heavy atom. The van der Waals surface area contributed by atoms with Crippen molar-refractivity contribution in [3.8, 4) is 0 Å². The molecule has 23 heavy (non-hydrogen) atoms. The highest BCUT2D eigenvalue weighted by atomic mass is 16.6. The number of piperazine rings is 1. The van der Waals surface area contributed by atoms with Crippen molar-refractivity contribution in [2.45, 2.75) is 53.1 Å². The van der Waals surface area contributed by atoms with Gasteiger partial charge in [-0.3, -0.25) is 5.10 Å². The Balaban J connectivity index is 1.83. The fourth-order valence-corrected chi connectivity index (χ4v) is 2.53. The predicted octanol–water partition coefficient (Wildman–Crippen LogP) is 3.06. The molecule has 2 heterocycles. The molecular weight excluding hydrogens is 292 g/mol. The summed E-state index contributed by atoms with van der Waals surface area (Å²) in [6, 6.07) is 2.13. The molecule has 0 radical (unpaired) electrons. The number of rotatable bonds is 4. The van der Waals surface area contributed by atoms with E-state index in [2.05, 4.69) is 35.0 Å². The molecule has 2 rings (SSSR count). The fourth-order valence-electron chi connectivity index (χ4n) is 2.53. The summed E-state index contributed by atoms with van der Waals surface area (Å²) in [5, 5.41) is 7.54. The Labute approximate surface area is 139 Å². The van der Waals surface area contributed by atoms with Gasteiger partial charge >= 0.3 is 6.09 Å². The number of aromatic nitrogens is 2. The fraction of sp³-hybridized carbons (Fsp3) is 0.765. The molecule has 1 amide bonds. The molecule has 0 aliphatic carbocycles. The molecule has 1 fully saturated rings. The summed E-state index contributed by atoms with van der Waals surface area (Å²) < 4.78 is 5.42. The zero-order valence-electron chi connectivity index (χ0n) is 15.1. The minimum atomic E-state index is -0.443. The number of nitrogens with zero attached hydrogens (tertiary/aromatic N) is 3. The number of hydrogen-bond acceptors (Lipinski definition) is 4. The molecule has 0 spiro atoms. The van der Waals surface area contributed by atoms with E-state index < -0.39 is 5.60 Å². The van der Waals surface area contributed by atoms with Crippen molar-refractivity contribution in [3.05, 3.63) is 11.8 Å². The van der Waals surface area contributed by atoms with Crippen molar-refractivity contribution in [3.63, 3.8) is 0 Å². The van der Waals surface area contributed by atoms with Gasteiger partial charge in [0.25, 0.3) is 0 Å². The molecule has 6 heteroatoms. The van der Waals surface area contributed by atoms with Gasteiger partial charge in [0.2, 0.25) is 0 Å². The normalized spacial score (nSPS) is 16.1. The molecule has 1 saturated heterocycles. The molecule has 1 aromatic rings. The second kappa shape index (κ2) is 7.23. The minimum Gasteiger partial charge on any atom is -0.444 e. The summed E-state index contributed by atoms with van der Waals surface area (Å²) in [4.78, 5) is 16.1. The smallest absolute Gasteiger partial charge is 0.410 e. The van der Waals surface area contributed by atoms with Gasteiger partial charge in [-0.15, -0.1) is 0 Å². The molecule has 0 unspecified atom stereocenters. The van der Waals surface area contributed by atoms with E-state index >= 15 is 0 Å². The summed E-state index contributed by atoms with van der Waals surface area (Å²) in [6.45, 7) is 13.0. The van der Waals surface area contributed by atoms with Crippen LogP contribution in [-0.2, 0) is 11.2 Å². The third kappa shape index (κ3) is 5.44. The summed E-state index contributed by atoms with van der Waals surface area (Å²) >= 11 is 0. The van der Waals surface area contributed by atoms with Crippen molar-refractivity contribution >= 4 is 11.9 Å². The second-order valence-corrected chi connectivity index (χ2v) is 7.64. The van der Waals surface area contributed by atoms with Gasteiger partial charge in [-0.1, -0.05) is 13.8 Å². The molecule has 0 aromatic carbocycles. The summed E-state index contributed by atoms with van der Waals surface area (Å²) in [5.41, 5.74) is 0.741. The number of aryl methyl sites for hydroxylation is 1. The van der Waals surface area contributed by atoms with E-state index in [1.807, 2.05) is 20.8 Å². The molecule has 1 aliphatic heterocycles. The van der Waals surface area contributed by atoms with Gasteiger partial charge in [0.15, 0.2) is 5.82 Å². The van der Waals surface area contributed by atoms with E-state index in [1.54, 1.807) is 4.90 Å². The SMILES string of the molecule is CC(C)CCc1cc(N2CCN(C(=O)OC(C)(C)C)CC2)n[nH]1. The first-order valence-corrected chi connectivity index (χ1v) is 8.52. The number of amides is 1. The van der Waals surface area contributed by atoms with Gasteiger partial charge in [-0.2, -0.15) is 5.10 Å². The average molecular weight is 322 g/mol. The van der Waals surface area contributed by atoms with E-state index in [1.165, 1.54) is 5.69 Å². The number of hydrogen-bond donors (Lipinski definition) is 1. The number of aromatic amines is 1. The number of carbonyl (C=O) groups is 1. The van der Waals surface area contributed by atoms with Gasteiger partial charge in [0.1, 0.15) is 5.60 Å². The van der Waals surface area contributed by atoms with Crippen LogP contribution in [0.4, 0.5) is 10.6 Å². The average Bonchev–Trinajstić information content (AvgIpc) is 2.92. The van der Waals surface area contributed by atoms with E-state index in [9.17, 15) is 4.79 Å². The molecule has 0 atom stereocenters. The summed E-state index contributed by atoms with van der Waals surface area (Å²) in [7, 11) is 0. The van der Waals surface area contributed by atoms with Crippen LogP contribution in [0.3, 0.4) is 0 Å². The van der Waals surface area contributed by atoms with Gasteiger partial charge < -0.3 is 14.5 Å². The Morgan fingerprint density at radius 1 is 1.30 bits per heavy atom. The molecule has 1 aliphatic rings. The first kappa shape index (κ1) is 17.6. The van der Waals surface area contributed by atoms with Crippen LogP contribution in [0.25, 0.3) is 0 Å². The third-order valence-electron chi connectivity index (χ3n) is 3.86. The van der Waals surface area contributed by atoms with Crippen molar-refractivity contribution in [1.29, 1.82) is 0 Å². The monoisotopic (exact) mass is 322 g/mol. The second-order valence-electron chi connectivity index (χ2n) is 7.64. The Bertz CT molecular complexity index is 511. The first-order chi connectivity index (χ1) is 10.7. The molecule has 0 saturated carbocycles. The van der Waals surface area contributed by atoms with Crippen LogP contribution >= 0.6 is 0 Å². The lowest BCUT2D eigenvalue weighted by molar-refractivity contribution is 0.0240. The number of nitrogens with one attached hydrogen (secondary N) is 1. The highest BCUT2D eigenvalue weighted by Gasteiger charge is 2.26. The van der Waals surface area contributed by atoms with Crippen LogP contribution in [0, 0.1) is 5.92 Å². The zero-order chi connectivity index (χ0) is 17.0. The van der Waals surface area contributed by atoms with Gasteiger partial charge in [-0.05, 0) is 39.5 Å². The van der Waals surface area contributed by atoms with Crippen LogP contribution in [0.2, 0.25) is 0 Å². The van der Waals surface area contributed by atoms with Crippen molar-refractivity contribution in [2.75, 3.05) is 31.1 Å². The quantitative estimate of drug-likeness (QED) is 0.925. The largest absolute Gasteiger partial charge is 0.444 e. The summed E-state index contributed by atoms with van der Waals surface area (Å²) in [6.07, 6.45) is 1.97. The molecular formula is C17H30N4O2. The molecule has 1 aromatic heterocycles. The minimum absolute atomic E-state index is 0.225. The van der Waals surface area contributed by atoms with Crippen molar-refractivity contribution in [1.82, 2.24) is 15.1 Å². The van der Waals surface area contributed by atoms with Crippen LogP contribution < -0.4 is 4.90 Å². The lowest BCUT2D eigenvalue weighted by Crippen LogP contribution is -2.50. The predicted molar refractivity (Wildman–Crippen MR) is 91.8 cm³/mol. The van der Waals surface area contributed by atoms with Gasteiger partial charge in [-0.25, -0.2) is 4.79 Å². The van der Waals surface area contributed by atoms with Crippen molar-refractivity contribution < 1.29 is 9.53 Å². The zero-order valence-corrected chi connectivity index (χ0v) is 15.1. The lowest BCUT2D eigenvalue weighted by Gasteiger charge is -2.35. The highest BCUT2D eigenvalue weighted by Crippen LogP contribution is 2.18. The Kier molecular flexibility index (Phi) is 5.55. The number of H-pyrrole nitrogens is 1. The lowest BCUT2D eigenvalue weighted by atomic mass is 10.1. The van der Waals surface area contributed by atoms with Crippen LogP contribution in [-0.4, -0.2) is 53.0 Å². The van der Waals surface area contributed by atoms with Crippen LogP contribution in [0.15, 0.2) is 6.07 Å². The first-order valence-electron chi connectivity index (χ1n) is 8.52. The topological polar surface area (TPSA) is 61.5 Å². The van der Waals surface area contributed by atoms with E-state index in [4.69, 9.17) is 4.74 Å². The van der Waals surface area contributed by atoms with Gasteiger partial charge in [0.05, 0.1) is 0 Å². The van der Waals surface area contributed by atoms with Crippen LogP contribution in [0.1, 0.15) is 46.7 Å². The molecule has 1 N–H and O–H groups in total. The maximum atomic E-state index is 12.1. The Morgan fingerprint density at radius 2 is 1.96 bits per heavy atom. The maximum Gasteiger partial charge on any atom is 0.410 e. The number of anilines is 1. The molecule has 0 bridgehead atoms. The van der Waals surface area contributed by atoms with Gasteiger partial charge in [0, 0.05) is 37.9 Å². The standard InChI is InChI=1S/C17H30N4O2/c1-13(2)6-7-14-12-15(19-18-14)20-8-10-21(11-9-20)16(22)23-17(3,4)5/h12-13H,6-11H2,1-5H3,(H,18,19). The number of ether oxygens (including phenoxy) is 1. The highest BCUT2D eigenvalue weighted by molar-refractivity contribution is 5.68. The summed E-state index contributed by atoms with van der Waals surface area (Å²) in [5.74, 6) is 1.67. The molecule has 130 valence electrons. The van der Waals surface area contributed by atoms with Crippen molar-refractivity contribution in [2.24, 2.45) is 5.92 Å². The maximum absolute atomic E-state index is 12.1. The molecule has 6 nitrogen and oxygen atoms in total. The van der Waals surface area contributed by atoms with Crippen LogP contribution in [0.5, 0.6) is 0 Å². The number of carbonyl (C=O) groups excluding carboxylic acids is 1. The Hall–Kier alpha value is -1.72.